The predicted octanol–water partition coefficient (Wildman–Crippen LogP) is 4.77. The number of hydrogen-bond donors (Lipinski definition) is 0. The molecule has 0 N–H and O–H groups in total. The third-order valence-corrected chi connectivity index (χ3v) is 4.98. The van der Waals surface area contributed by atoms with Crippen molar-refractivity contribution in [3.05, 3.63) is 30.1 Å². The second kappa shape index (κ2) is 7.28. The number of nitrogens with zero attached hydrogens (tertiary/aromatic N) is 3. The number of rotatable bonds is 7. The fraction of sp³-hybridized carbons (Fsp3) is 0.632. The smallest absolute Gasteiger partial charge is 0.127 e. The Morgan fingerprint density at radius 2 is 1.86 bits per heavy atom. The molecule has 1 aromatic heterocycles. The molecule has 2 heterocycles. The first-order valence-electron chi connectivity index (χ1n) is 9.00. The van der Waals surface area contributed by atoms with Gasteiger partial charge in [-0.3, -0.25) is 4.90 Å². The van der Waals surface area contributed by atoms with E-state index in [1.54, 1.807) is 0 Å². The number of fused-ring (bicyclic) bond motifs is 1. The molecule has 1 aliphatic heterocycles. The number of para-hydroxylation sites is 2. The summed E-state index contributed by atoms with van der Waals surface area (Å²) in [6.45, 7) is 8.15. The van der Waals surface area contributed by atoms with Crippen LogP contribution in [-0.2, 0) is 6.54 Å². The van der Waals surface area contributed by atoms with Gasteiger partial charge in [-0.25, -0.2) is 4.98 Å². The Morgan fingerprint density at radius 3 is 2.64 bits per heavy atom. The number of aromatic nitrogens is 2. The molecule has 3 rings (SSSR count). The van der Waals surface area contributed by atoms with Crippen molar-refractivity contribution in [1.82, 2.24) is 14.5 Å². The van der Waals surface area contributed by atoms with Gasteiger partial charge in [0.25, 0.3) is 0 Å². The molecule has 2 aromatic rings. The number of unbranched alkanes of at least 4 members (excludes halogenated alkanes) is 3. The zero-order valence-electron chi connectivity index (χ0n) is 14.1. The fourth-order valence-electron chi connectivity index (χ4n) is 3.64. The molecule has 120 valence electrons. The highest BCUT2D eigenvalue weighted by Gasteiger charge is 2.24. The maximum atomic E-state index is 4.98. The molecule has 0 amide bonds. The van der Waals surface area contributed by atoms with Crippen molar-refractivity contribution < 1.29 is 0 Å². The third-order valence-electron chi connectivity index (χ3n) is 4.98. The van der Waals surface area contributed by atoms with E-state index < -0.39 is 0 Å². The average molecular weight is 299 g/mol. The van der Waals surface area contributed by atoms with E-state index in [1.807, 2.05) is 0 Å². The van der Waals surface area contributed by atoms with E-state index in [1.165, 1.54) is 63.0 Å². The molecule has 1 aliphatic rings. The molecule has 1 aromatic carbocycles. The molecule has 1 saturated heterocycles. The Balaban J connectivity index is 1.86. The first-order valence-corrected chi connectivity index (χ1v) is 9.00. The zero-order chi connectivity index (χ0) is 15.4. The van der Waals surface area contributed by atoms with Crippen LogP contribution in [-0.4, -0.2) is 27.5 Å². The Hall–Kier alpha value is -1.35. The molecular formula is C19H29N3. The minimum absolute atomic E-state index is 0.432. The van der Waals surface area contributed by atoms with Crippen LogP contribution in [0.4, 0.5) is 0 Å². The van der Waals surface area contributed by atoms with Crippen LogP contribution in [0.25, 0.3) is 11.0 Å². The van der Waals surface area contributed by atoms with E-state index in [-0.39, 0.29) is 0 Å². The van der Waals surface area contributed by atoms with E-state index in [2.05, 4.69) is 47.6 Å². The van der Waals surface area contributed by atoms with Crippen molar-refractivity contribution in [2.45, 2.75) is 65.0 Å². The predicted molar refractivity (Wildman–Crippen MR) is 93.1 cm³/mol. The minimum atomic E-state index is 0.432. The summed E-state index contributed by atoms with van der Waals surface area (Å²) in [4.78, 5) is 7.56. The van der Waals surface area contributed by atoms with Crippen molar-refractivity contribution in [2.75, 3.05) is 13.1 Å². The average Bonchev–Trinajstić information content (AvgIpc) is 3.19. The molecule has 22 heavy (non-hydrogen) atoms. The summed E-state index contributed by atoms with van der Waals surface area (Å²) in [5.74, 6) is 1.26. The number of imidazole rings is 1. The minimum Gasteiger partial charge on any atom is -0.327 e. The zero-order valence-corrected chi connectivity index (χ0v) is 14.1. The van der Waals surface area contributed by atoms with Gasteiger partial charge < -0.3 is 4.57 Å². The first-order chi connectivity index (χ1) is 10.8. The third kappa shape index (κ3) is 3.19. The van der Waals surface area contributed by atoms with Crippen LogP contribution in [0.3, 0.4) is 0 Å². The number of hydrogen-bond acceptors (Lipinski definition) is 2. The number of benzene rings is 1. The lowest BCUT2D eigenvalue weighted by Gasteiger charge is -2.24. The lowest BCUT2D eigenvalue weighted by atomic mass is 10.2. The molecule has 0 spiro atoms. The first kappa shape index (κ1) is 15.5. The van der Waals surface area contributed by atoms with Crippen LogP contribution in [0.1, 0.15) is 64.2 Å². The summed E-state index contributed by atoms with van der Waals surface area (Å²) < 4.78 is 2.48. The maximum absolute atomic E-state index is 4.98. The van der Waals surface area contributed by atoms with Gasteiger partial charge in [-0.05, 0) is 51.4 Å². The highest BCUT2D eigenvalue weighted by molar-refractivity contribution is 5.76. The quantitative estimate of drug-likeness (QED) is 0.686. The van der Waals surface area contributed by atoms with Crippen molar-refractivity contribution in [1.29, 1.82) is 0 Å². The van der Waals surface area contributed by atoms with E-state index >= 15 is 0 Å². The van der Waals surface area contributed by atoms with Crippen LogP contribution in [0.5, 0.6) is 0 Å². The van der Waals surface area contributed by atoms with E-state index in [0.29, 0.717) is 6.04 Å². The summed E-state index contributed by atoms with van der Waals surface area (Å²) >= 11 is 0. The van der Waals surface area contributed by atoms with Crippen LogP contribution < -0.4 is 0 Å². The van der Waals surface area contributed by atoms with Gasteiger partial charge in [0.1, 0.15) is 5.82 Å². The molecule has 3 nitrogen and oxygen atoms in total. The summed E-state index contributed by atoms with van der Waals surface area (Å²) in [6, 6.07) is 9.04. The van der Waals surface area contributed by atoms with E-state index in [0.717, 1.165) is 12.1 Å². The van der Waals surface area contributed by atoms with Gasteiger partial charge in [0.15, 0.2) is 0 Å². The molecule has 0 bridgehead atoms. The Bertz CT molecular complexity index is 596. The standard InChI is InChI=1S/C19H29N3/c1-3-4-5-8-15-22-18-12-7-6-11-17(18)20-19(22)16(2)21-13-9-10-14-21/h6-7,11-12,16H,3-5,8-10,13-15H2,1-2H3. The molecule has 0 radical (unpaired) electrons. The lowest BCUT2D eigenvalue weighted by Crippen LogP contribution is -2.26. The van der Waals surface area contributed by atoms with Crippen molar-refractivity contribution >= 4 is 11.0 Å². The van der Waals surface area contributed by atoms with Crippen molar-refractivity contribution in [2.24, 2.45) is 0 Å². The van der Waals surface area contributed by atoms with Gasteiger partial charge in [-0.15, -0.1) is 0 Å². The molecule has 1 fully saturated rings. The second-order valence-electron chi connectivity index (χ2n) is 6.59. The van der Waals surface area contributed by atoms with Gasteiger partial charge in [-0.2, -0.15) is 0 Å². The Kier molecular flexibility index (Phi) is 5.14. The second-order valence-corrected chi connectivity index (χ2v) is 6.59. The van der Waals surface area contributed by atoms with Crippen LogP contribution in [0, 0.1) is 0 Å². The summed E-state index contributed by atoms with van der Waals surface area (Å²) in [6.07, 6.45) is 7.88. The highest BCUT2D eigenvalue weighted by atomic mass is 15.2. The largest absolute Gasteiger partial charge is 0.327 e. The van der Waals surface area contributed by atoms with Gasteiger partial charge in [0.2, 0.25) is 0 Å². The van der Waals surface area contributed by atoms with E-state index in [9.17, 15) is 0 Å². The maximum Gasteiger partial charge on any atom is 0.127 e. The topological polar surface area (TPSA) is 21.1 Å². The van der Waals surface area contributed by atoms with Crippen LogP contribution in [0.2, 0.25) is 0 Å². The molecule has 0 saturated carbocycles. The molecule has 3 heteroatoms. The van der Waals surface area contributed by atoms with Gasteiger partial charge in [-0.1, -0.05) is 38.3 Å². The fourth-order valence-corrected chi connectivity index (χ4v) is 3.64. The van der Waals surface area contributed by atoms with Crippen LogP contribution >= 0.6 is 0 Å². The van der Waals surface area contributed by atoms with Gasteiger partial charge >= 0.3 is 0 Å². The number of aryl methyl sites for hydroxylation is 1. The molecule has 1 unspecified atom stereocenters. The molecular weight excluding hydrogens is 270 g/mol. The van der Waals surface area contributed by atoms with Gasteiger partial charge in [0, 0.05) is 6.54 Å². The normalized spacial score (nSPS) is 17.4. The molecule has 1 atom stereocenters. The SMILES string of the molecule is CCCCCCn1c(C(C)N2CCCC2)nc2ccccc21. The van der Waals surface area contributed by atoms with Gasteiger partial charge in [0.05, 0.1) is 17.1 Å². The monoisotopic (exact) mass is 299 g/mol. The summed E-state index contributed by atoms with van der Waals surface area (Å²) in [5, 5.41) is 0. The lowest BCUT2D eigenvalue weighted by molar-refractivity contribution is 0.248. The summed E-state index contributed by atoms with van der Waals surface area (Å²) in [7, 11) is 0. The summed E-state index contributed by atoms with van der Waals surface area (Å²) in [5.41, 5.74) is 2.46. The Labute approximate surface area is 134 Å². The van der Waals surface area contributed by atoms with Crippen LogP contribution in [0.15, 0.2) is 24.3 Å². The van der Waals surface area contributed by atoms with Crippen molar-refractivity contribution in [3.8, 4) is 0 Å². The van der Waals surface area contributed by atoms with Crippen molar-refractivity contribution in [3.63, 3.8) is 0 Å². The number of likely N-dealkylation sites (tertiary alicyclic amines) is 1. The molecule has 0 aliphatic carbocycles. The highest BCUT2D eigenvalue weighted by Crippen LogP contribution is 2.27. The Morgan fingerprint density at radius 1 is 1.09 bits per heavy atom. The van der Waals surface area contributed by atoms with E-state index in [4.69, 9.17) is 4.98 Å².